The average Bonchev–Trinajstić information content (AvgIpc) is 3.17. The van der Waals surface area contributed by atoms with Crippen LogP contribution in [0.1, 0.15) is 41.7 Å². The lowest BCUT2D eigenvalue weighted by Crippen LogP contribution is -2.38. The summed E-state index contributed by atoms with van der Waals surface area (Å²) in [5.41, 5.74) is 1.33. The van der Waals surface area contributed by atoms with Crippen LogP contribution in [0.5, 0.6) is 0 Å². The summed E-state index contributed by atoms with van der Waals surface area (Å²) in [6.07, 6.45) is 6.58. The molecule has 3 nitrogen and oxygen atoms in total. The number of hydrogen-bond acceptors (Lipinski definition) is 2. The molecule has 2 saturated carbocycles. The van der Waals surface area contributed by atoms with E-state index in [-0.39, 0.29) is 5.91 Å². The van der Waals surface area contributed by atoms with Crippen LogP contribution in [0.4, 0.5) is 0 Å². The van der Waals surface area contributed by atoms with Crippen molar-refractivity contribution in [2.45, 2.75) is 38.6 Å². The van der Waals surface area contributed by atoms with Gasteiger partial charge in [0.05, 0.1) is 10.6 Å². The van der Waals surface area contributed by atoms with Crippen LogP contribution < -0.4 is 5.32 Å². The van der Waals surface area contributed by atoms with E-state index < -0.39 is 0 Å². The van der Waals surface area contributed by atoms with E-state index in [1.807, 2.05) is 6.92 Å². The first-order valence-corrected chi connectivity index (χ1v) is 6.96. The lowest BCUT2D eigenvalue weighted by atomic mass is 10.1. The Hall–Kier alpha value is -1.09. The van der Waals surface area contributed by atoms with E-state index in [0.717, 1.165) is 5.69 Å². The Balaban J connectivity index is 1.73. The molecule has 4 heteroatoms. The van der Waals surface area contributed by atoms with Crippen molar-refractivity contribution in [3.63, 3.8) is 0 Å². The van der Waals surface area contributed by atoms with Gasteiger partial charge in [-0.25, -0.2) is 0 Å². The van der Waals surface area contributed by atoms with Gasteiger partial charge in [-0.1, -0.05) is 11.6 Å². The van der Waals surface area contributed by atoms with Gasteiger partial charge in [-0.05, 0) is 50.5 Å². The first-order valence-electron chi connectivity index (χ1n) is 6.58. The predicted octanol–water partition coefficient (Wildman–Crippen LogP) is 2.96. The first kappa shape index (κ1) is 12.0. The fraction of sp³-hybridized carbons (Fsp3) is 0.571. The monoisotopic (exact) mass is 264 g/mol. The molecule has 0 aromatic carbocycles. The molecule has 1 heterocycles. The molecule has 1 N–H and O–H groups in total. The summed E-state index contributed by atoms with van der Waals surface area (Å²) in [5, 5.41) is 3.65. The van der Waals surface area contributed by atoms with Gasteiger partial charge in [0.25, 0.3) is 5.91 Å². The number of pyridine rings is 1. The van der Waals surface area contributed by atoms with Gasteiger partial charge in [0.15, 0.2) is 0 Å². The Morgan fingerprint density at radius 1 is 1.39 bits per heavy atom. The molecule has 0 spiro atoms. The Kier molecular flexibility index (Phi) is 3.02. The van der Waals surface area contributed by atoms with Gasteiger partial charge < -0.3 is 5.32 Å². The van der Waals surface area contributed by atoms with E-state index in [4.69, 9.17) is 11.6 Å². The van der Waals surface area contributed by atoms with Crippen LogP contribution in [-0.4, -0.2) is 16.9 Å². The van der Waals surface area contributed by atoms with Crippen molar-refractivity contribution in [2.75, 3.05) is 0 Å². The molecule has 0 aliphatic heterocycles. The standard InChI is InChI=1S/C14H17ClN2O/c1-8-6-12(15)11(7-16-8)14(18)17-13(9-2-3-9)10-4-5-10/h6-7,9-10,13H,2-5H2,1H3,(H,17,18). The van der Waals surface area contributed by atoms with Gasteiger partial charge >= 0.3 is 0 Å². The summed E-state index contributed by atoms with van der Waals surface area (Å²) in [5.74, 6) is 1.31. The Labute approximate surface area is 112 Å². The van der Waals surface area contributed by atoms with Gasteiger partial charge in [0, 0.05) is 17.9 Å². The Morgan fingerprint density at radius 3 is 2.50 bits per heavy atom. The normalized spacial score (nSPS) is 19.1. The van der Waals surface area contributed by atoms with Gasteiger partial charge in [-0.2, -0.15) is 0 Å². The van der Waals surface area contributed by atoms with Crippen molar-refractivity contribution in [3.05, 3.63) is 28.5 Å². The lowest BCUT2D eigenvalue weighted by molar-refractivity contribution is 0.0926. The van der Waals surface area contributed by atoms with Gasteiger partial charge in [0.1, 0.15) is 0 Å². The molecule has 3 rings (SSSR count). The van der Waals surface area contributed by atoms with E-state index >= 15 is 0 Å². The summed E-state index contributed by atoms with van der Waals surface area (Å²) in [7, 11) is 0. The molecule has 1 aromatic rings. The molecule has 0 unspecified atom stereocenters. The highest BCUT2D eigenvalue weighted by Crippen LogP contribution is 2.44. The number of rotatable bonds is 4. The Morgan fingerprint density at radius 2 is 2.00 bits per heavy atom. The zero-order chi connectivity index (χ0) is 12.7. The molecule has 2 aliphatic rings. The van der Waals surface area contributed by atoms with E-state index in [2.05, 4.69) is 10.3 Å². The highest BCUT2D eigenvalue weighted by Gasteiger charge is 2.42. The molecule has 96 valence electrons. The van der Waals surface area contributed by atoms with Crippen LogP contribution in [-0.2, 0) is 0 Å². The van der Waals surface area contributed by atoms with Crippen molar-refractivity contribution in [1.29, 1.82) is 0 Å². The van der Waals surface area contributed by atoms with E-state index in [1.54, 1.807) is 12.3 Å². The van der Waals surface area contributed by atoms with Crippen LogP contribution in [0.2, 0.25) is 5.02 Å². The molecular formula is C14H17ClN2O. The maximum absolute atomic E-state index is 12.2. The molecule has 0 radical (unpaired) electrons. The van der Waals surface area contributed by atoms with Crippen molar-refractivity contribution in [1.82, 2.24) is 10.3 Å². The molecule has 2 aliphatic carbocycles. The predicted molar refractivity (Wildman–Crippen MR) is 70.7 cm³/mol. The van der Waals surface area contributed by atoms with E-state index in [0.29, 0.717) is 28.5 Å². The highest BCUT2D eigenvalue weighted by molar-refractivity contribution is 6.33. The molecule has 0 saturated heterocycles. The van der Waals surface area contributed by atoms with Crippen LogP contribution in [0, 0.1) is 18.8 Å². The number of nitrogens with one attached hydrogen (secondary N) is 1. The summed E-state index contributed by atoms with van der Waals surface area (Å²) in [6, 6.07) is 2.09. The van der Waals surface area contributed by atoms with Crippen LogP contribution in [0.25, 0.3) is 0 Å². The highest BCUT2D eigenvalue weighted by atomic mass is 35.5. The lowest BCUT2D eigenvalue weighted by Gasteiger charge is -2.18. The Bertz CT molecular complexity index is 469. The minimum Gasteiger partial charge on any atom is -0.349 e. The number of aromatic nitrogens is 1. The van der Waals surface area contributed by atoms with Gasteiger partial charge in [-0.15, -0.1) is 0 Å². The summed E-state index contributed by atoms with van der Waals surface area (Å²) < 4.78 is 0. The summed E-state index contributed by atoms with van der Waals surface area (Å²) >= 11 is 6.10. The van der Waals surface area contributed by atoms with Crippen molar-refractivity contribution >= 4 is 17.5 Å². The topological polar surface area (TPSA) is 42.0 Å². The SMILES string of the molecule is Cc1cc(Cl)c(C(=O)NC(C2CC2)C2CC2)cn1. The third kappa shape index (κ3) is 2.51. The molecule has 0 bridgehead atoms. The number of carbonyl (C=O) groups excluding carboxylic acids is 1. The molecule has 2 fully saturated rings. The fourth-order valence-corrected chi connectivity index (χ4v) is 2.75. The molecular weight excluding hydrogens is 248 g/mol. The maximum atomic E-state index is 12.2. The first-order chi connectivity index (χ1) is 8.65. The second kappa shape index (κ2) is 4.54. The van der Waals surface area contributed by atoms with Crippen molar-refractivity contribution < 1.29 is 4.79 Å². The van der Waals surface area contributed by atoms with Crippen LogP contribution >= 0.6 is 11.6 Å². The molecule has 1 amide bonds. The number of nitrogens with zero attached hydrogens (tertiary/aromatic N) is 1. The largest absolute Gasteiger partial charge is 0.349 e. The zero-order valence-electron chi connectivity index (χ0n) is 10.4. The van der Waals surface area contributed by atoms with E-state index in [9.17, 15) is 4.79 Å². The molecule has 18 heavy (non-hydrogen) atoms. The average molecular weight is 265 g/mol. The maximum Gasteiger partial charge on any atom is 0.254 e. The molecule has 1 aromatic heterocycles. The van der Waals surface area contributed by atoms with Crippen molar-refractivity contribution in [3.8, 4) is 0 Å². The number of aryl methyl sites for hydroxylation is 1. The second-order valence-corrected chi connectivity index (χ2v) is 5.89. The quantitative estimate of drug-likeness (QED) is 0.908. The summed E-state index contributed by atoms with van der Waals surface area (Å²) in [4.78, 5) is 16.4. The number of carbonyl (C=O) groups is 1. The smallest absolute Gasteiger partial charge is 0.254 e. The van der Waals surface area contributed by atoms with Gasteiger partial charge in [-0.3, -0.25) is 9.78 Å². The minimum atomic E-state index is -0.0729. The zero-order valence-corrected chi connectivity index (χ0v) is 11.2. The van der Waals surface area contributed by atoms with Crippen LogP contribution in [0.15, 0.2) is 12.3 Å². The minimum absolute atomic E-state index is 0.0729. The second-order valence-electron chi connectivity index (χ2n) is 5.48. The third-order valence-electron chi connectivity index (χ3n) is 3.79. The number of hydrogen-bond donors (Lipinski definition) is 1. The van der Waals surface area contributed by atoms with Crippen molar-refractivity contribution in [2.24, 2.45) is 11.8 Å². The van der Waals surface area contributed by atoms with Crippen LogP contribution in [0.3, 0.4) is 0 Å². The fourth-order valence-electron chi connectivity index (χ4n) is 2.45. The summed E-state index contributed by atoms with van der Waals surface area (Å²) in [6.45, 7) is 1.87. The third-order valence-corrected chi connectivity index (χ3v) is 4.11. The number of amides is 1. The van der Waals surface area contributed by atoms with E-state index in [1.165, 1.54) is 25.7 Å². The van der Waals surface area contributed by atoms with Gasteiger partial charge in [0.2, 0.25) is 0 Å². The molecule has 0 atom stereocenters. The number of halogens is 1.